The third kappa shape index (κ3) is 7.43. The Morgan fingerprint density at radius 3 is 2.44 bits per heavy atom. The predicted octanol–water partition coefficient (Wildman–Crippen LogP) is 6.17. The Hall–Kier alpha value is -0.970. The van der Waals surface area contributed by atoms with Crippen LogP contribution < -0.4 is 0 Å². The molecular formula is C19H26Cl2O4. The topological polar surface area (TPSA) is 48.1 Å². The fraction of sp³-hybridized carbons (Fsp3) is 0.632. The number of carbonyl (C=O) groups is 1. The number of carbonyl (C=O) groups excluding carboxylic acids is 1. The number of aryl methyl sites for hydroxylation is 1. The van der Waals surface area contributed by atoms with Crippen molar-refractivity contribution in [2.75, 3.05) is 13.2 Å². The van der Waals surface area contributed by atoms with E-state index in [-0.39, 0.29) is 0 Å². The minimum Gasteiger partial charge on any atom is -0.435 e. The summed E-state index contributed by atoms with van der Waals surface area (Å²) in [5.74, 6) is -0.708. The highest BCUT2D eigenvalue weighted by Crippen LogP contribution is 2.34. The van der Waals surface area contributed by atoms with Crippen molar-refractivity contribution in [1.29, 1.82) is 0 Å². The lowest BCUT2D eigenvalue weighted by atomic mass is 10.0. The Morgan fingerprint density at radius 2 is 1.80 bits per heavy atom. The molecule has 1 unspecified atom stereocenters. The molecule has 0 aliphatic carbocycles. The van der Waals surface area contributed by atoms with E-state index in [0.29, 0.717) is 23.3 Å². The first-order valence-electron chi connectivity index (χ1n) is 8.98. The summed E-state index contributed by atoms with van der Waals surface area (Å²) in [7, 11) is 0. The molecule has 1 aromatic carbocycles. The van der Waals surface area contributed by atoms with Gasteiger partial charge in [0.15, 0.2) is 0 Å². The van der Waals surface area contributed by atoms with Gasteiger partial charge < -0.3 is 14.2 Å². The molecule has 0 saturated carbocycles. The fourth-order valence-corrected chi connectivity index (χ4v) is 3.08. The van der Waals surface area contributed by atoms with Gasteiger partial charge in [0.2, 0.25) is 5.79 Å². The summed E-state index contributed by atoms with van der Waals surface area (Å²) < 4.78 is 15.3. The van der Waals surface area contributed by atoms with Crippen LogP contribution in [0.4, 0.5) is 4.79 Å². The average Bonchev–Trinajstić information content (AvgIpc) is 3.33. The number of hydrogen-bond donors (Lipinski definition) is 0. The molecule has 0 bridgehead atoms. The smallest absolute Gasteiger partial charge is 0.435 e. The minimum atomic E-state index is -0.708. The minimum absolute atomic E-state index is 0.317. The van der Waals surface area contributed by atoms with Crippen molar-refractivity contribution in [3.05, 3.63) is 33.8 Å². The van der Waals surface area contributed by atoms with Crippen LogP contribution in [-0.2, 0) is 20.6 Å². The lowest BCUT2D eigenvalue weighted by Gasteiger charge is -2.12. The van der Waals surface area contributed by atoms with E-state index in [0.717, 1.165) is 32.1 Å². The van der Waals surface area contributed by atoms with Crippen LogP contribution in [0.5, 0.6) is 0 Å². The van der Waals surface area contributed by atoms with Crippen molar-refractivity contribution >= 4 is 29.4 Å². The Balaban J connectivity index is 1.48. The maximum absolute atomic E-state index is 11.3. The maximum Gasteiger partial charge on any atom is 0.510 e. The van der Waals surface area contributed by atoms with Crippen LogP contribution in [0.2, 0.25) is 10.0 Å². The summed E-state index contributed by atoms with van der Waals surface area (Å²) in [6, 6.07) is 5.84. The molecule has 1 aliphatic rings. The van der Waals surface area contributed by atoms with Gasteiger partial charge in [-0.15, -0.1) is 0 Å². The van der Waals surface area contributed by atoms with E-state index in [1.165, 1.54) is 24.8 Å². The fourth-order valence-electron chi connectivity index (χ4n) is 2.76. The standard InChI is InChI=1S/C19H26Cl2O4/c1-2-23-18(22)25-19(14-24-19)12-8-6-4-3-5-7-9-15-10-11-16(20)17(21)13-15/h10-11,13H,2-9,12,14H2,1H3. The van der Waals surface area contributed by atoms with E-state index in [2.05, 4.69) is 0 Å². The van der Waals surface area contributed by atoms with Gasteiger partial charge in [0.25, 0.3) is 0 Å². The van der Waals surface area contributed by atoms with Gasteiger partial charge in [-0.2, -0.15) is 0 Å². The van der Waals surface area contributed by atoms with Gasteiger partial charge in [0.05, 0.1) is 16.7 Å². The van der Waals surface area contributed by atoms with Gasteiger partial charge in [-0.1, -0.05) is 55.0 Å². The van der Waals surface area contributed by atoms with E-state index >= 15 is 0 Å². The van der Waals surface area contributed by atoms with Crippen molar-refractivity contribution in [3.63, 3.8) is 0 Å². The maximum atomic E-state index is 11.3. The lowest BCUT2D eigenvalue weighted by Crippen LogP contribution is -2.22. The second-order valence-electron chi connectivity index (χ2n) is 6.35. The van der Waals surface area contributed by atoms with E-state index in [1.807, 2.05) is 18.2 Å². The predicted molar refractivity (Wildman–Crippen MR) is 99.3 cm³/mol. The van der Waals surface area contributed by atoms with E-state index in [4.69, 9.17) is 37.4 Å². The van der Waals surface area contributed by atoms with Crippen LogP contribution >= 0.6 is 23.2 Å². The molecule has 4 nitrogen and oxygen atoms in total. The lowest BCUT2D eigenvalue weighted by molar-refractivity contribution is -0.0381. The van der Waals surface area contributed by atoms with Gasteiger partial charge in [-0.25, -0.2) is 4.79 Å². The third-order valence-corrected chi connectivity index (χ3v) is 4.99. The van der Waals surface area contributed by atoms with Crippen LogP contribution in [0.25, 0.3) is 0 Å². The molecule has 1 heterocycles. The molecule has 1 aromatic rings. The number of benzene rings is 1. The molecule has 0 aromatic heterocycles. The van der Waals surface area contributed by atoms with E-state index < -0.39 is 11.9 Å². The molecule has 25 heavy (non-hydrogen) atoms. The molecular weight excluding hydrogens is 363 g/mol. The molecule has 0 amide bonds. The first-order chi connectivity index (χ1) is 12.0. The van der Waals surface area contributed by atoms with Gasteiger partial charge in [-0.05, 0) is 43.9 Å². The third-order valence-electron chi connectivity index (χ3n) is 4.25. The summed E-state index contributed by atoms with van der Waals surface area (Å²) in [6.07, 6.45) is 7.97. The molecule has 140 valence electrons. The quantitative estimate of drug-likeness (QED) is 0.258. The van der Waals surface area contributed by atoms with Crippen LogP contribution in [0.3, 0.4) is 0 Å². The summed E-state index contributed by atoms with van der Waals surface area (Å²) in [5, 5.41) is 1.23. The number of hydrogen-bond acceptors (Lipinski definition) is 4. The molecule has 6 heteroatoms. The van der Waals surface area contributed by atoms with Crippen molar-refractivity contribution < 1.29 is 19.0 Å². The SMILES string of the molecule is CCOC(=O)OC1(CCCCCCCCc2ccc(Cl)c(Cl)c2)CO1. The van der Waals surface area contributed by atoms with E-state index in [1.54, 1.807) is 6.92 Å². The normalized spacial score (nSPS) is 18.8. The second kappa shape index (κ2) is 10.2. The summed E-state index contributed by atoms with van der Waals surface area (Å²) in [6.45, 7) is 2.55. The highest BCUT2D eigenvalue weighted by molar-refractivity contribution is 6.42. The summed E-state index contributed by atoms with van der Waals surface area (Å²) in [4.78, 5) is 11.3. The molecule has 0 spiro atoms. The first-order valence-corrected chi connectivity index (χ1v) is 9.74. The van der Waals surface area contributed by atoms with Gasteiger partial charge >= 0.3 is 6.16 Å². The van der Waals surface area contributed by atoms with Gasteiger partial charge in [0, 0.05) is 6.42 Å². The summed E-state index contributed by atoms with van der Waals surface area (Å²) in [5.41, 5.74) is 1.23. The monoisotopic (exact) mass is 388 g/mol. The zero-order valence-electron chi connectivity index (χ0n) is 14.7. The Labute approximate surface area is 159 Å². The van der Waals surface area contributed by atoms with E-state index in [9.17, 15) is 4.79 Å². The first kappa shape index (κ1) is 20.3. The van der Waals surface area contributed by atoms with Crippen molar-refractivity contribution in [3.8, 4) is 0 Å². The molecule has 1 atom stereocenters. The highest BCUT2D eigenvalue weighted by Gasteiger charge is 2.49. The average molecular weight is 389 g/mol. The van der Waals surface area contributed by atoms with Crippen molar-refractivity contribution in [1.82, 2.24) is 0 Å². The van der Waals surface area contributed by atoms with Crippen LogP contribution in [-0.4, -0.2) is 25.2 Å². The zero-order valence-corrected chi connectivity index (χ0v) is 16.2. The molecule has 0 radical (unpaired) electrons. The van der Waals surface area contributed by atoms with Crippen LogP contribution in [0.15, 0.2) is 18.2 Å². The second-order valence-corrected chi connectivity index (χ2v) is 7.17. The number of rotatable bonds is 11. The number of epoxide rings is 1. The highest BCUT2D eigenvalue weighted by atomic mass is 35.5. The Morgan fingerprint density at radius 1 is 1.12 bits per heavy atom. The number of unbranched alkanes of at least 4 members (excludes halogenated alkanes) is 5. The number of ether oxygens (including phenoxy) is 3. The largest absolute Gasteiger partial charge is 0.510 e. The van der Waals surface area contributed by atoms with Gasteiger partial charge in [0.1, 0.15) is 6.61 Å². The molecule has 0 N–H and O–H groups in total. The van der Waals surface area contributed by atoms with Crippen molar-refractivity contribution in [2.24, 2.45) is 0 Å². The van der Waals surface area contributed by atoms with Gasteiger partial charge in [-0.3, -0.25) is 0 Å². The molecule has 1 fully saturated rings. The zero-order chi connectivity index (χ0) is 18.1. The molecule has 1 aliphatic heterocycles. The van der Waals surface area contributed by atoms with Crippen molar-refractivity contribution in [2.45, 2.75) is 64.1 Å². The van der Waals surface area contributed by atoms with Crippen LogP contribution in [0.1, 0.15) is 57.4 Å². The number of halogens is 2. The van der Waals surface area contributed by atoms with Crippen LogP contribution in [0, 0.1) is 0 Å². The molecule has 2 rings (SSSR count). The molecule has 1 saturated heterocycles. The Kier molecular flexibility index (Phi) is 8.34. The Bertz CT molecular complexity index is 558. The summed E-state index contributed by atoms with van der Waals surface area (Å²) >= 11 is 11.9.